The zero-order valence-electron chi connectivity index (χ0n) is 12.7. The van der Waals surface area contributed by atoms with E-state index in [1.807, 2.05) is 6.07 Å². The van der Waals surface area contributed by atoms with E-state index < -0.39 is 5.91 Å². The first-order chi connectivity index (χ1) is 11.5. The molecule has 8 heteroatoms. The number of hydrogen-bond acceptors (Lipinski definition) is 5. The highest BCUT2D eigenvalue weighted by Crippen LogP contribution is 2.16. The second kappa shape index (κ2) is 7.64. The van der Waals surface area contributed by atoms with Crippen molar-refractivity contribution >= 4 is 17.5 Å². The zero-order valence-corrected chi connectivity index (χ0v) is 13.5. The average Bonchev–Trinajstić information content (AvgIpc) is 2.57. The molecule has 7 nitrogen and oxygen atoms in total. The molecule has 0 bridgehead atoms. The number of hydrogen-bond donors (Lipinski definition) is 4. The van der Waals surface area contributed by atoms with Crippen LogP contribution in [-0.4, -0.2) is 15.8 Å². The molecule has 124 valence electrons. The van der Waals surface area contributed by atoms with Gasteiger partial charge in [-0.15, -0.1) is 0 Å². The Hall–Kier alpha value is -2.82. The summed E-state index contributed by atoms with van der Waals surface area (Å²) in [6, 6.07) is 9.80. The number of pyridine rings is 1. The van der Waals surface area contributed by atoms with Crippen LogP contribution in [0.3, 0.4) is 0 Å². The number of aromatic nitrogens is 1. The minimum atomic E-state index is -0.400. The van der Waals surface area contributed by atoms with Crippen LogP contribution >= 0.6 is 11.6 Å². The maximum absolute atomic E-state index is 12.1. The third-order valence-electron chi connectivity index (χ3n) is 3.52. The van der Waals surface area contributed by atoms with Crippen molar-refractivity contribution in [2.24, 2.45) is 5.73 Å². The highest BCUT2D eigenvalue weighted by Gasteiger charge is 2.13. The van der Waals surface area contributed by atoms with Gasteiger partial charge in [-0.3, -0.25) is 10.2 Å². The molecule has 0 saturated heterocycles. The predicted octanol–water partition coefficient (Wildman–Crippen LogP) is 1.05. The van der Waals surface area contributed by atoms with Gasteiger partial charge in [0.25, 0.3) is 0 Å². The summed E-state index contributed by atoms with van der Waals surface area (Å²) in [7, 11) is 0. The van der Waals surface area contributed by atoms with Gasteiger partial charge in [0, 0.05) is 18.1 Å². The SMILES string of the molecule is N#Cc1ccc(=N)n(O)c1CC(=O)NCc1cc(Cl)ccc1CN. The van der Waals surface area contributed by atoms with E-state index in [2.05, 4.69) is 5.32 Å². The fourth-order valence-electron chi connectivity index (χ4n) is 2.23. The maximum Gasteiger partial charge on any atom is 0.226 e. The van der Waals surface area contributed by atoms with Crippen molar-refractivity contribution < 1.29 is 10.0 Å². The van der Waals surface area contributed by atoms with Gasteiger partial charge in [0.1, 0.15) is 6.07 Å². The molecule has 0 unspecified atom stereocenters. The molecule has 0 saturated carbocycles. The van der Waals surface area contributed by atoms with Crippen LogP contribution in [0.2, 0.25) is 5.02 Å². The molecule has 0 radical (unpaired) electrons. The number of nitrogens with zero attached hydrogens (tertiary/aromatic N) is 2. The van der Waals surface area contributed by atoms with Crippen molar-refractivity contribution in [1.82, 2.24) is 10.0 Å². The summed E-state index contributed by atoms with van der Waals surface area (Å²) in [5.74, 6) is -0.400. The molecule has 1 amide bonds. The molecular formula is C16H16ClN5O2. The van der Waals surface area contributed by atoms with Crippen LogP contribution in [0.5, 0.6) is 0 Å². The summed E-state index contributed by atoms with van der Waals surface area (Å²) in [6.45, 7) is 0.540. The van der Waals surface area contributed by atoms with Crippen LogP contribution in [0.1, 0.15) is 22.4 Å². The number of amides is 1. The highest BCUT2D eigenvalue weighted by atomic mass is 35.5. The lowest BCUT2D eigenvalue weighted by Gasteiger charge is -2.12. The van der Waals surface area contributed by atoms with Crippen LogP contribution in [0.4, 0.5) is 0 Å². The smallest absolute Gasteiger partial charge is 0.226 e. The minimum Gasteiger partial charge on any atom is -0.427 e. The van der Waals surface area contributed by atoms with Crippen LogP contribution < -0.4 is 16.5 Å². The molecule has 0 aliphatic heterocycles. The fourth-order valence-corrected chi connectivity index (χ4v) is 2.42. The van der Waals surface area contributed by atoms with Crippen LogP contribution in [0, 0.1) is 16.7 Å². The number of nitrogens with one attached hydrogen (secondary N) is 2. The lowest BCUT2D eigenvalue weighted by molar-refractivity contribution is -0.120. The number of nitriles is 1. The molecule has 1 aromatic carbocycles. The number of carbonyl (C=O) groups excluding carboxylic acids is 1. The Morgan fingerprint density at radius 1 is 1.38 bits per heavy atom. The van der Waals surface area contributed by atoms with E-state index in [1.165, 1.54) is 12.1 Å². The summed E-state index contributed by atoms with van der Waals surface area (Å²) in [5, 5.41) is 29.7. The van der Waals surface area contributed by atoms with E-state index in [9.17, 15) is 10.0 Å². The van der Waals surface area contributed by atoms with Crippen molar-refractivity contribution in [2.45, 2.75) is 19.5 Å². The first-order valence-corrected chi connectivity index (χ1v) is 7.47. The first kappa shape index (κ1) is 17.5. The van der Waals surface area contributed by atoms with Crippen molar-refractivity contribution in [3.8, 4) is 6.07 Å². The quantitative estimate of drug-likeness (QED) is 0.604. The number of rotatable bonds is 5. The van der Waals surface area contributed by atoms with E-state index >= 15 is 0 Å². The van der Waals surface area contributed by atoms with E-state index in [1.54, 1.807) is 18.2 Å². The van der Waals surface area contributed by atoms with E-state index in [0.29, 0.717) is 16.3 Å². The second-order valence-electron chi connectivity index (χ2n) is 5.07. The van der Waals surface area contributed by atoms with Crippen LogP contribution in [0.15, 0.2) is 30.3 Å². The van der Waals surface area contributed by atoms with Gasteiger partial charge >= 0.3 is 0 Å². The molecule has 0 fully saturated rings. The second-order valence-corrected chi connectivity index (χ2v) is 5.51. The Kier molecular flexibility index (Phi) is 5.58. The highest BCUT2D eigenvalue weighted by molar-refractivity contribution is 6.30. The van der Waals surface area contributed by atoms with Gasteiger partial charge in [-0.05, 0) is 35.4 Å². The van der Waals surface area contributed by atoms with Crippen LogP contribution in [0.25, 0.3) is 0 Å². The van der Waals surface area contributed by atoms with Gasteiger partial charge in [0.15, 0.2) is 5.49 Å². The lowest BCUT2D eigenvalue weighted by atomic mass is 10.1. The predicted molar refractivity (Wildman–Crippen MR) is 87.1 cm³/mol. The molecule has 5 N–H and O–H groups in total. The molecule has 1 aromatic heterocycles. The summed E-state index contributed by atoms with van der Waals surface area (Å²) in [5.41, 5.74) is 7.30. The van der Waals surface area contributed by atoms with Gasteiger partial charge < -0.3 is 16.3 Å². The Balaban J connectivity index is 2.13. The topological polar surface area (TPSA) is 128 Å². The third-order valence-corrected chi connectivity index (χ3v) is 3.75. The Bertz CT molecular complexity index is 870. The third kappa shape index (κ3) is 3.93. The van der Waals surface area contributed by atoms with Gasteiger partial charge in [-0.2, -0.15) is 9.99 Å². The first-order valence-electron chi connectivity index (χ1n) is 7.09. The van der Waals surface area contributed by atoms with Crippen molar-refractivity contribution in [3.05, 3.63) is 63.2 Å². The average molecular weight is 346 g/mol. The minimum absolute atomic E-state index is 0.0626. The molecule has 0 atom stereocenters. The Labute approximate surface area is 143 Å². The molecule has 2 aromatic rings. The Morgan fingerprint density at radius 3 is 2.79 bits per heavy atom. The summed E-state index contributed by atoms with van der Waals surface area (Å²) in [4.78, 5) is 12.1. The standard InChI is InChI=1S/C16H16ClN5O2/c17-13-3-1-10(7-18)12(5-13)9-21-16(23)6-14-11(8-19)2-4-15(20)22(14)24/h1-5,20,24H,6-7,9,18H2,(H,21,23). The van der Waals surface area contributed by atoms with Gasteiger partial charge in [0.05, 0.1) is 17.7 Å². The van der Waals surface area contributed by atoms with Gasteiger partial charge in [-0.1, -0.05) is 17.7 Å². The van der Waals surface area contributed by atoms with Gasteiger partial charge in [-0.25, -0.2) is 0 Å². The number of halogens is 1. The Morgan fingerprint density at radius 2 is 2.12 bits per heavy atom. The van der Waals surface area contributed by atoms with Crippen molar-refractivity contribution in [2.75, 3.05) is 0 Å². The molecule has 24 heavy (non-hydrogen) atoms. The number of benzene rings is 1. The summed E-state index contributed by atoms with van der Waals surface area (Å²) >= 11 is 5.95. The molecule has 0 aliphatic carbocycles. The normalized spacial score (nSPS) is 10.2. The molecule has 1 heterocycles. The van der Waals surface area contributed by atoms with E-state index in [0.717, 1.165) is 11.1 Å². The maximum atomic E-state index is 12.1. The van der Waals surface area contributed by atoms with Crippen molar-refractivity contribution in [3.63, 3.8) is 0 Å². The largest absolute Gasteiger partial charge is 0.427 e. The summed E-state index contributed by atoms with van der Waals surface area (Å²) < 4.78 is 0.531. The summed E-state index contributed by atoms with van der Waals surface area (Å²) in [6.07, 6.45) is -0.232. The van der Waals surface area contributed by atoms with Crippen molar-refractivity contribution in [1.29, 1.82) is 10.7 Å². The fraction of sp³-hybridized carbons (Fsp3) is 0.188. The monoisotopic (exact) mass is 345 g/mol. The lowest BCUT2D eigenvalue weighted by Crippen LogP contribution is -2.30. The number of nitrogens with two attached hydrogens (primary N) is 1. The molecular weight excluding hydrogens is 330 g/mol. The van der Waals surface area contributed by atoms with Gasteiger partial charge in [0.2, 0.25) is 5.91 Å². The van der Waals surface area contributed by atoms with Crippen LogP contribution in [-0.2, 0) is 24.3 Å². The number of carbonyl (C=O) groups is 1. The molecule has 2 rings (SSSR count). The van der Waals surface area contributed by atoms with E-state index in [4.69, 9.17) is 28.0 Å². The zero-order chi connectivity index (χ0) is 17.7. The molecule has 0 spiro atoms. The van der Waals surface area contributed by atoms with E-state index in [-0.39, 0.29) is 29.7 Å². The molecule has 0 aliphatic rings.